The molecule has 2 rings (SSSR count). The first-order chi connectivity index (χ1) is 8.49. The molecule has 2 aromatic heterocycles. The molecular weight excluding hydrogens is 301 g/mol. The van der Waals surface area contributed by atoms with E-state index in [1.807, 2.05) is 14.1 Å². The van der Waals surface area contributed by atoms with Gasteiger partial charge in [0.15, 0.2) is 5.65 Å². The zero-order chi connectivity index (χ0) is 13.3. The molecule has 2 aromatic rings. The predicted octanol–water partition coefficient (Wildman–Crippen LogP) is 2.49. The summed E-state index contributed by atoms with van der Waals surface area (Å²) in [6, 6.07) is 1.31. The lowest BCUT2D eigenvalue weighted by Crippen LogP contribution is -2.05. The molecule has 2 heterocycles. The monoisotopic (exact) mass is 311 g/mol. The Hall–Kier alpha value is -1.69. The van der Waals surface area contributed by atoms with Gasteiger partial charge in [-0.25, -0.2) is 9.37 Å². The molecule has 0 aliphatic rings. The molecule has 0 radical (unpaired) electrons. The average molecular weight is 312 g/mol. The summed E-state index contributed by atoms with van der Waals surface area (Å²) in [7, 11) is 3.63. The summed E-state index contributed by atoms with van der Waals surface area (Å²) < 4.78 is 15.3. The fraction of sp³-hybridized carbons (Fsp3) is 0.167. The summed E-state index contributed by atoms with van der Waals surface area (Å²) in [6.07, 6.45) is 5.73. The highest BCUT2D eigenvalue weighted by Gasteiger charge is 2.12. The SMILES string of the molecule is CN(C)C=CC(=O)c1cnc2c(Br)cc(F)cn12. The average Bonchev–Trinajstić information content (AvgIpc) is 2.69. The molecule has 0 spiro atoms. The number of hydrogen-bond acceptors (Lipinski definition) is 3. The summed E-state index contributed by atoms with van der Waals surface area (Å²) in [6.45, 7) is 0. The standard InChI is InChI=1S/C12H11BrFN3O/c1-16(2)4-3-11(18)10-6-15-12-9(13)5-8(14)7-17(10)12/h3-7H,1-2H3. The third kappa shape index (κ3) is 2.43. The number of allylic oxidation sites excluding steroid dienone is 1. The number of imidazole rings is 1. The fourth-order valence-electron chi connectivity index (χ4n) is 1.50. The number of ketones is 1. The van der Waals surface area contributed by atoms with Crippen molar-refractivity contribution in [3.8, 4) is 0 Å². The first-order valence-electron chi connectivity index (χ1n) is 5.20. The van der Waals surface area contributed by atoms with E-state index in [1.165, 1.54) is 28.9 Å². The summed E-state index contributed by atoms with van der Waals surface area (Å²) in [5.74, 6) is -0.660. The molecule has 0 saturated heterocycles. The van der Waals surface area contributed by atoms with Crippen LogP contribution in [0.15, 0.2) is 35.2 Å². The molecule has 0 aromatic carbocycles. The van der Waals surface area contributed by atoms with Crippen LogP contribution in [0.1, 0.15) is 10.5 Å². The number of halogens is 2. The van der Waals surface area contributed by atoms with Gasteiger partial charge in [0, 0.05) is 32.6 Å². The molecule has 0 bridgehead atoms. The number of carbonyl (C=O) groups excluding carboxylic acids is 1. The Balaban J connectivity index is 2.49. The lowest BCUT2D eigenvalue weighted by atomic mass is 10.3. The van der Waals surface area contributed by atoms with Gasteiger partial charge in [0.2, 0.25) is 5.78 Å². The minimum absolute atomic E-state index is 0.228. The normalized spacial score (nSPS) is 11.3. The van der Waals surface area contributed by atoms with Crippen molar-refractivity contribution in [3.05, 3.63) is 46.7 Å². The molecule has 0 fully saturated rings. The van der Waals surface area contributed by atoms with Crippen molar-refractivity contribution >= 4 is 27.4 Å². The summed E-state index contributed by atoms with van der Waals surface area (Å²) in [5, 5.41) is 0. The number of nitrogens with zero attached hydrogens (tertiary/aromatic N) is 3. The van der Waals surface area contributed by atoms with E-state index in [0.29, 0.717) is 15.8 Å². The Kier molecular flexibility index (Phi) is 3.47. The molecule has 4 nitrogen and oxygen atoms in total. The second kappa shape index (κ2) is 4.89. The van der Waals surface area contributed by atoms with Crippen molar-refractivity contribution in [2.75, 3.05) is 14.1 Å². The van der Waals surface area contributed by atoms with Crippen LogP contribution in [0.2, 0.25) is 0 Å². The zero-order valence-electron chi connectivity index (χ0n) is 9.89. The molecule has 0 saturated carbocycles. The van der Waals surface area contributed by atoms with E-state index in [4.69, 9.17) is 0 Å². The van der Waals surface area contributed by atoms with Gasteiger partial charge in [-0.2, -0.15) is 0 Å². The van der Waals surface area contributed by atoms with Crippen LogP contribution < -0.4 is 0 Å². The Morgan fingerprint density at radius 1 is 1.56 bits per heavy atom. The van der Waals surface area contributed by atoms with Crippen molar-refractivity contribution in [2.45, 2.75) is 0 Å². The highest BCUT2D eigenvalue weighted by Crippen LogP contribution is 2.20. The van der Waals surface area contributed by atoms with Crippen LogP contribution in [0.25, 0.3) is 5.65 Å². The van der Waals surface area contributed by atoms with Crippen LogP contribution in [-0.4, -0.2) is 34.2 Å². The van der Waals surface area contributed by atoms with Crippen LogP contribution in [0.5, 0.6) is 0 Å². The molecular formula is C12H11BrFN3O. The molecule has 0 atom stereocenters. The van der Waals surface area contributed by atoms with Crippen molar-refractivity contribution < 1.29 is 9.18 Å². The highest BCUT2D eigenvalue weighted by atomic mass is 79.9. The lowest BCUT2D eigenvalue weighted by molar-refractivity contribution is 0.104. The Bertz CT molecular complexity index is 634. The number of pyridine rings is 1. The first kappa shape index (κ1) is 12.8. The van der Waals surface area contributed by atoms with Gasteiger partial charge in [0.05, 0.1) is 10.7 Å². The molecule has 0 unspecified atom stereocenters. The van der Waals surface area contributed by atoms with Gasteiger partial charge in [-0.1, -0.05) is 0 Å². The topological polar surface area (TPSA) is 37.6 Å². The number of rotatable bonds is 3. The predicted molar refractivity (Wildman–Crippen MR) is 70.0 cm³/mol. The minimum atomic E-state index is -0.432. The van der Waals surface area contributed by atoms with Gasteiger partial charge >= 0.3 is 0 Å². The second-order valence-corrected chi connectivity index (χ2v) is 4.84. The number of fused-ring (bicyclic) bond motifs is 1. The van der Waals surface area contributed by atoms with E-state index in [0.717, 1.165) is 0 Å². The van der Waals surface area contributed by atoms with E-state index < -0.39 is 5.82 Å². The molecule has 0 N–H and O–H groups in total. The van der Waals surface area contributed by atoms with E-state index in [9.17, 15) is 9.18 Å². The summed E-state index contributed by atoms with van der Waals surface area (Å²) >= 11 is 3.21. The molecule has 0 aliphatic heterocycles. The van der Waals surface area contributed by atoms with Gasteiger partial charge in [-0.3, -0.25) is 9.20 Å². The number of hydrogen-bond donors (Lipinski definition) is 0. The van der Waals surface area contributed by atoms with Crippen LogP contribution in [0.3, 0.4) is 0 Å². The minimum Gasteiger partial charge on any atom is -0.383 e. The summed E-state index contributed by atoms with van der Waals surface area (Å²) in [4.78, 5) is 17.8. The van der Waals surface area contributed by atoms with E-state index >= 15 is 0 Å². The maximum Gasteiger partial charge on any atom is 0.205 e. The lowest BCUT2D eigenvalue weighted by Gasteiger charge is -2.03. The Morgan fingerprint density at radius 2 is 2.28 bits per heavy atom. The highest BCUT2D eigenvalue weighted by molar-refractivity contribution is 9.10. The van der Waals surface area contributed by atoms with Crippen LogP contribution >= 0.6 is 15.9 Å². The van der Waals surface area contributed by atoms with E-state index in [2.05, 4.69) is 20.9 Å². The third-order valence-corrected chi connectivity index (χ3v) is 2.89. The molecule has 18 heavy (non-hydrogen) atoms. The molecule has 0 amide bonds. The second-order valence-electron chi connectivity index (χ2n) is 3.99. The van der Waals surface area contributed by atoms with Crippen molar-refractivity contribution in [1.82, 2.24) is 14.3 Å². The largest absolute Gasteiger partial charge is 0.383 e. The fourth-order valence-corrected chi connectivity index (χ4v) is 2.01. The number of aromatic nitrogens is 2. The maximum absolute atomic E-state index is 13.3. The van der Waals surface area contributed by atoms with Crippen molar-refractivity contribution in [2.24, 2.45) is 0 Å². The van der Waals surface area contributed by atoms with Gasteiger partial charge in [0.1, 0.15) is 11.5 Å². The van der Waals surface area contributed by atoms with E-state index in [1.54, 1.807) is 11.1 Å². The first-order valence-corrected chi connectivity index (χ1v) is 5.99. The summed E-state index contributed by atoms with van der Waals surface area (Å²) in [5.41, 5.74) is 0.835. The van der Waals surface area contributed by atoms with Gasteiger partial charge in [-0.15, -0.1) is 0 Å². The smallest absolute Gasteiger partial charge is 0.205 e. The van der Waals surface area contributed by atoms with E-state index in [-0.39, 0.29) is 5.78 Å². The van der Waals surface area contributed by atoms with Crippen LogP contribution in [-0.2, 0) is 0 Å². The number of carbonyl (C=O) groups is 1. The molecule has 6 heteroatoms. The van der Waals surface area contributed by atoms with Gasteiger partial charge in [0.25, 0.3) is 0 Å². The Labute approximate surface area is 112 Å². The van der Waals surface area contributed by atoms with Crippen LogP contribution in [0.4, 0.5) is 4.39 Å². The molecule has 0 aliphatic carbocycles. The molecule has 94 valence electrons. The van der Waals surface area contributed by atoms with Gasteiger partial charge in [-0.05, 0) is 22.0 Å². The Morgan fingerprint density at radius 3 is 2.94 bits per heavy atom. The van der Waals surface area contributed by atoms with Crippen molar-refractivity contribution in [1.29, 1.82) is 0 Å². The zero-order valence-corrected chi connectivity index (χ0v) is 11.5. The van der Waals surface area contributed by atoms with Crippen LogP contribution in [0, 0.1) is 5.82 Å². The maximum atomic E-state index is 13.3. The van der Waals surface area contributed by atoms with Crippen molar-refractivity contribution in [3.63, 3.8) is 0 Å². The quantitative estimate of drug-likeness (QED) is 0.645. The van der Waals surface area contributed by atoms with Gasteiger partial charge < -0.3 is 4.90 Å². The third-order valence-electron chi connectivity index (χ3n) is 2.30.